The number of sulfonamides is 1. The summed E-state index contributed by atoms with van der Waals surface area (Å²) in [6.07, 6.45) is 1.41. The zero-order valence-electron chi connectivity index (χ0n) is 29.8. The van der Waals surface area contributed by atoms with Crippen molar-refractivity contribution in [3.8, 4) is 17.2 Å². The maximum atomic E-state index is 14.4. The van der Waals surface area contributed by atoms with Crippen LogP contribution in [0.25, 0.3) is 0 Å². The summed E-state index contributed by atoms with van der Waals surface area (Å²) in [5, 5.41) is 15.8. The molecule has 2 heterocycles. The minimum atomic E-state index is -3.80. The van der Waals surface area contributed by atoms with Crippen LogP contribution in [-0.4, -0.2) is 93.1 Å². The van der Waals surface area contributed by atoms with Crippen molar-refractivity contribution < 1.29 is 42.1 Å². The van der Waals surface area contributed by atoms with Crippen LogP contribution < -0.4 is 24.8 Å². The molecule has 0 aromatic heterocycles. The molecule has 51 heavy (non-hydrogen) atoms. The van der Waals surface area contributed by atoms with Gasteiger partial charge in [-0.25, -0.2) is 13.2 Å². The van der Waals surface area contributed by atoms with E-state index >= 15 is 0 Å². The molecular weight excluding hydrogens is 676 g/mol. The molecule has 4 atom stereocenters. The molecule has 14 heteroatoms. The summed E-state index contributed by atoms with van der Waals surface area (Å²) in [5.74, 6) is 0.717. The number of urea groups is 1. The normalized spacial score (nSPS) is 20.6. The van der Waals surface area contributed by atoms with Crippen LogP contribution in [0.1, 0.15) is 56.0 Å². The first-order chi connectivity index (χ1) is 24.3. The van der Waals surface area contributed by atoms with Gasteiger partial charge < -0.3 is 39.6 Å². The molecule has 3 aromatic carbocycles. The molecular formula is C37H48N4O9S. The van der Waals surface area contributed by atoms with Crippen molar-refractivity contribution in [1.82, 2.24) is 9.21 Å². The van der Waals surface area contributed by atoms with E-state index in [1.54, 1.807) is 72.5 Å². The summed E-state index contributed by atoms with van der Waals surface area (Å²) >= 11 is 0. The average molecular weight is 725 g/mol. The van der Waals surface area contributed by atoms with Crippen molar-refractivity contribution in [1.29, 1.82) is 0 Å². The third-order valence-corrected chi connectivity index (χ3v) is 10.9. The van der Waals surface area contributed by atoms with Crippen LogP contribution in [0.3, 0.4) is 0 Å². The molecule has 276 valence electrons. The quantitative estimate of drug-likeness (QED) is 0.274. The number of amides is 3. The fraction of sp³-hybridized carbons (Fsp3) is 0.459. The van der Waals surface area contributed by atoms with Gasteiger partial charge in [0.15, 0.2) is 11.5 Å². The third-order valence-electron chi connectivity index (χ3n) is 9.11. The Bertz CT molecular complexity index is 1790. The molecule has 0 unspecified atom stereocenters. The molecule has 0 fully saturated rings. The molecule has 3 aromatic rings. The lowest BCUT2D eigenvalue weighted by molar-refractivity contribution is -0.00834. The van der Waals surface area contributed by atoms with Crippen molar-refractivity contribution in [2.24, 2.45) is 5.92 Å². The number of aliphatic hydroxyl groups excluding tert-OH is 1. The number of nitrogens with one attached hydrogen (secondary N) is 2. The monoisotopic (exact) mass is 724 g/mol. The predicted octanol–water partition coefficient (Wildman–Crippen LogP) is 5.48. The number of carbonyl (C=O) groups is 2. The van der Waals surface area contributed by atoms with Gasteiger partial charge in [0.05, 0.1) is 35.3 Å². The molecule has 5 rings (SSSR count). The molecule has 2 aliphatic rings. The zero-order valence-corrected chi connectivity index (χ0v) is 30.6. The molecule has 0 spiro atoms. The van der Waals surface area contributed by atoms with Gasteiger partial charge in [0.1, 0.15) is 5.75 Å². The van der Waals surface area contributed by atoms with Crippen molar-refractivity contribution >= 4 is 33.3 Å². The van der Waals surface area contributed by atoms with Crippen LogP contribution in [-0.2, 0) is 14.8 Å². The van der Waals surface area contributed by atoms with Crippen molar-refractivity contribution in [2.45, 2.75) is 70.1 Å². The molecule has 0 saturated carbocycles. The minimum Gasteiger partial charge on any atom is -0.490 e. The van der Waals surface area contributed by atoms with Crippen LogP contribution >= 0.6 is 0 Å². The smallest absolute Gasteiger partial charge is 0.323 e. The van der Waals surface area contributed by atoms with Crippen LogP contribution in [0, 0.1) is 12.8 Å². The van der Waals surface area contributed by atoms with E-state index in [9.17, 15) is 23.1 Å². The number of hydrogen-bond acceptors (Lipinski definition) is 9. The maximum Gasteiger partial charge on any atom is 0.323 e. The van der Waals surface area contributed by atoms with Crippen LogP contribution in [0.2, 0.25) is 0 Å². The Morgan fingerprint density at radius 2 is 1.65 bits per heavy atom. The Morgan fingerprint density at radius 3 is 2.35 bits per heavy atom. The van der Waals surface area contributed by atoms with Crippen LogP contribution in [0.5, 0.6) is 17.2 Å². The number of anilines is 2. The van der Waals surface area contributed by atoms with Crippen molar-refractivity contribution in [3.63, 3.8) is 0 Å². The number of rotatable bonds is 8. The van der Waals surface area contributed by atoms with Crippen molar-refractivity contribution in [2.75, 3.05) is 50.8 Å². The summed E-state index contributed by atoms with van der Waals surface area (Å²) in [6, 6.07) is 15.5. The van der Waals surface area contributed by atoms with E-state index in [0.717, 1.165) is 18.4 Å². The standard InChI is InChI=1S/C37H48N4O9S/c1-24-9-13-30(14-10-24)51(45,46)40(5)21-35-25(2)20-41(26(3)22-42)36(43)31-18-28(11-15-32(31)50-27(4)8-6-7-17-47-35)38-37(44)39-29-12-16-33-34(19-29)49-23-48-33/h9-16,18-19,25-27,35,42H,6-8,17,20-23H2,1-5H3,(H2,38,39,44)/t25-,26+,27+,35-/m0/s1. The summed E-state index contributed by atoms with van der Waals surface area (Å²) in [6.45, 7) is 7.89. The number of ether oxygens (including phenoxy) is 4. The van der Waals surface area contributed by atoms with Gasteiger partial charge in [-0.3, -0.25) is 4.79 Å². The number of benzene rings is 3. The van der Waals surface area contributed by atoms with E-state index in [4.69, 9.17) is 18.9 Å². The Kier molecular flexibility index (Phi) is 12.5. The highest BCUT2D eigenvalue weighted by Gasteiger charge is 2.32. The fourth-order valence-corrected chi connectivity index (χ4v) is 7.16. The van der Waals surface area contributed by atoms with Gasteiger partial charge in [-0.05, 0) is 82.5 Å². The van der Waals surface area contributed by atoms with E-state index in [1.165, 1.54) is 11.4 Å². The van der Waals surface area contributed by atoms with E-state index in [1.807, 2.05) is 20.8 Å². The van der Waals surface area contributed by atoms with Crippen molar-refractivity contribution in [3.05, 3.63) is 71.8 Å². The number of carbonyl (C=O) groups excluding carboxylic acids is 2. The fourth-order valence-electron chi connectivity index (χ4n) is 5.97. The number of aliphatic hydroxyl groups is 1. The van der Waals surface area contributed by atoms with E-state index < -0.39 is 34.1 Å². The highest BCUT2D eigenvalue weighted by atomic mass is 32.2. The van der Waals surface area contributed by atoms with Gasteiger partial charge in [0.2, 0.25) is 16.8 Å². The number of likely N-dealkylation sites (N-methyl/N-ethyl adjacent to an activating group) is 1. The first kappa shape index (κ1) is 37.9. The second kappa shape index (κ2) is 16.8. The highest BCUT2D eigenvalue weighted by molar-refractivity contribution is 7.89. The van der Waals surface area contributed by atoms with Gasteiger partial charge in [0.25, 0.3) is 5.91 Å². The summed E-state index contributed by atoms with van der Waals surface area (Å²) < 4.78 is 51.6. The SMILES string of the molecule is Cc1ccc(S(=O)(=O)N(C)C[C@@H]2OCCCC[C@@H](C)Oc3ccc(NC(=O)Nc4ccc5c(c4)OCO5)cc3C(=O)N([C@H](C)CO)C[C@@H]2C)cc1. The van der Waals surface area contributed by atoms with E-state index in [2.05, 4.69) is 10.6 Å². The lowest BCUT2D eigenvalue weighted by Gasteiger charge is -2.35. The Labute approximate surface area is 299 Å². The largest absolute Gasteiger partial charge is 0.490 e. The molecule has 2 aliphatic heterocycles. The Balaban J connectivity index is 1.39. The highest BCUT2D eigenvalue weighted by Crippen LogP contribution is 2.34. The molecule has 3 N–H and O–H groups in total. The number of nitrogens with zero attached hydrogens (tertiary/aromatic N) is 2. The van der Waals surface area contributed by atoms with Gasteiger partial charge in [-0.1, -0.05) is 24.6 Å². The Morgan fingerprint density at radius 1 is 0.980 bits per heavy atom. The lowest BCUT2D eigenvalue weighted by Crippen LogP contribution is -2.48. The van der Waals surface area contributed by atoms with Gasteiger partial charge in [0, 0.05) is 50.1 Å². The van der Waals surface area contributed by atoms with E-state index in [0.29, 0.717) is 41.7 Å². The van der Waals surface area contributed by atoms with Gasteiger partial charge in [-0.15, -0.1) is 0 Å². The Hall–Kier alpha value is -4.37. The molecule has 3 amide bonds. The van der Waals surface area contributed by atoms with Gasteiger partial charge in [-0.2, -0.15) is 4.31 Å². The second-order valence-corrected chi connectivity index (χ2v) is 15.3. The second-order valence-electron chi connectivity index (χ2n) is 13.3. The maximum absolute atomic E-state index is 14.4. The minimum absolute atomic E-state index is 0.0650. The number of hydrogen-bond donors (Lipinski definition) is 3. The molecule has 0 aliphatic carbocycles. The molecule has 0 saturated heterocycles. The summed E-state index contributed by atoms with van der Waals surface area (Å²) in [4.78, 5) is 29.2. The number of aryl methyl sites for hydroxylation is 1. The van der Waals surface area contributed by atoms with E-state index in [-0.39, 0.29) is 49.0 Å². The topological polar surface area (TPSA) is 156 Å². The van der Waals surface area contributed by atoms with Crippen LogP contribution in [0.15, 0.2) is 65.6 Å². The molecule has 0 radical (unpaired) electrons. The lowest BCUT2D eigenvalue weighted by atomic mass is 10.0. The molecule has 0 bridgehead atoms. The first-order valence-electron chi connectivity index (χ1n) is 17.2. The summed E-state index contributed by atoms with van der Waals surface area (Å²) in [7, 11) is -2.27. The predicted molar refractivity (Wildman–Crippen MR) is 193 cm³/mol. The number of fused-ring (bicyclic) bond motifs is 2. The average Bonchev–Trinajstić information content (AvgIpc) is 3.57. The zero-order chi connectivity index (χ0) is 36.7. The third kappa shape index (κ3) is 9.50. The summed E-state index contributed by atoms with van der Waals surface area (Å²) in [5.41, 5.74) is 2.01. The molecule has 13 nitrogen and oxygen atoms in total. The van der Waals surface area contributed by atoms with Gasteiger partial charge >= 0.3 is 6.03 Å². The van der Waals surface area contributed by atoms with Crippen LogP contribution in [0.4, 0.5) is 16.2 Å². The first-order valence-corrected chi connectivity index (χ1v) is 18.6.